The molecule has 0 spiro atoms. The molecule has 0 aliphatic rings. The van der Waals surface area contributed by atoms with Gasteiger partial charge in [0.1, 0.15) is 5.82 Å². The van der Waals surface area contributed by atoms with Crippen LogP contribution in [0.5, 0.6) is 0 Å². The fraction of sp³-hybridized carbons (Fsp3) is 0.818. The number of hydrogen-bond acceptors (Lipinski definition) is 4. The van der Waals surface area contributed by atoms with Crippen LogP contribution in [0.3, 0.4) is 0 Å². The monoisotopic (exact) mass is 261 g/mol. The molecule has 1 unspecified atom stereocenters. The maximum Gasteiger partial charge on any atom is 0.202 e. The summed E-state index contributed by atoms with van der Waals surface area (Å²) in [7, 11) is 0. The van der Waals surface area contributed by atoms with Crippen LogP contribution in [0.1, 0.15) is 45.9 Å². The van der Waals surface area contributed by atoms with Crippen molar-refractivity contribution in [2.75, 3.05) is 11.9 Å². The lowest BCUT2D eigenvalue weighted by atomic mass is 10.1. The largest absolute Gasteiger partial charge is 0.359 e. The Balaban J connectivity index is 2.36. The van der Waals surface area contributed by atoms with E-state index >= 15 is 0 Å². The molecule has 0 aliphatic carbocycles. The Kier molecular flexibility index (Phi) is 5.49. The number of aromatic nitrogens is 2. The van der Waals surface area contributed by atoms with Gasteiger partial charge < -0.3 is 5.32 Å². The molecule has 5 heteroatoms. The predicted molar refractivity (Wildman–Crippen MR) is 71.6 cm³/mol. The number of nitrogens with one attached hydrogen (secondary N) is 1. The number of halogens is 1. The number of nitrogens with zero attached hydrogens (tertiary/aromatic N) is 2. The number of rotatable bonds is 6. The predicted octanol–water partition coefficient (Wildman–Crippen LogP) is 3.73. The summed E-state index contributed by atoms with van der Waals surface area (Å²) in [6.45, 7) is 9.30. The lowest BCUT2D eigenvalue weighted by Gasteiger charge is -2.11. The van der Waals surface area contributed by atoms with Crippen LogP contribution in [-0.4, -0.2) is 21.3 Å². The van der Waals surface area contributed by atoms with Gasteiger partial charge in [-0.2, -0.15) is 4.37 Å². The van der Waals surface area contributed by atoms with E-state index in [1.807, 2.05) is 0 Å². The van der Waals surface area contributed by atoms with E-state index < -0.39 is 0 Å². The first-order valence-electron chi connectivity index (χ1n) is 5.70. The number of anilines is 1. The zero-order valence-electron chi connectivity index (χ0n) is 10.3. The fourth-order valence-electron chi connectivity index (χ4n) is 1.33. The highest BCUT2D eigenvalue weighted by molar-refractivity contribution is 7.09. The Morgan fingerprint density at radius 3 is 2.50 bits per heavy atom. The van der Waals surface area contributed by atoms with Crippen molar-refractivity contribution >= 4 is 28.3 Å². The summed E-state index contributed by atoms with van der Waals surface area (Å²) in [5.74, 6) is 1.92. The van der Waals surface area contributed by atoms with Gasteiger partial charge in [0.2, 0.25) is 5.13 Å². The lowest BCUT2D eigenvalue weighted by molar-refractivity contribution is 0.572. The standard InChI is InChI=1S/C11H20ClN3S/c1-7(2)5-9(12)6-13-11-14-10(8(3)4)15-16-11/h7-9H,5-6H2,1-4H3,(H,13,14,15). The van der Waals surface area contributed by atoms with Gasteiger partial charge in [0.05, 0.1) is 5.38 Å². The molecule has 0 bridgehead atoms. The zero-order chi connectivity index (χ0) is 12.1. The van der Waals surface area contributed by atoms with Crippen LogP contribution in [0.15, 0.2) is 0 Å². The van der Waals surface area contributed by atoms with Crippen LogP contribution in [0.25, 0.3) is 0 Å². The van der Waals surface area contributed by atoms with Gasteiger partial charge in [0.25, 0.3) is 0 Å². The fourth-order valence-corrected chi connectivity index (χ4v) is 2.48. The molecular formula is C11H20ClN3S. The highest BCUT2D eigenvalue weighted by Gasteiger charge is 2.10. The number of hydrogen-bond donors (Lipinski definition) is 1. The third-order valence-electron chi connectivity index (χ3n) is 2.16. The van der Waals surface area contributed by atoms with E-state index in [-0.39, 0.29) is 5.38 Å². The third kappa shape index (κ3) is 4.66. The smallest absolute Gasteiger partial charge is 0.202 e. The van der Waals surface area contributed by atoms with E-state index in [0.29, 0.717) is 11.8 Å². The maximum atomic E-state index is 6.19. The molecule has 0 aromatic carbocycles. The molecule has 0 fully saturated rings. The molecule has 1 aromatic rings. The minimum absolute atomic E-state index is 0.159. The zero-order valence-corrected chi connectivity index (χ0v) is 11.9. The molecular weight excluding hydrogens is 242 g/mol. The minimum Gasteiger partial charge on any atom is -0.359 e. The van der Waals surface area contributed by atoms with Crippen molar-refractivity contribution in [3.63, 3.8) is 0 Å². The van der Waals surface area contributed by atoms with Gasteiger partial charge in [-0.05, 0) is 12.3 Å². The molecule has 0 amide bonds. The Bertz CT molecular complexity index is 312. The summed E-state index contributed by atoms with van der Waals surface area (Å²) in [6.07, 6.45) is 1.02. The van der Waals surface area contributed by atoms with Crippen LogP contribution in [0.2, 0.25) is 0 Å². The Labute approximate surface area is 107 Å². The first kappa shape index (κ1) is 13.7. The Morgan fingerprint density at radius 1 is 1.31 bits per heavy atom. The molecule has 92 valence electrons. The highest BCUT2D eigenvalue weighted by atomic mass is 35.5. The quantitative estimate of drug-likeness (QED) is 0.793. The molecule has 1 rings (SSSR count). The second kappa shape index (κ2) is 6.40. The van der Waals surface area contributed by atoms with Gasteiger partial charge in [-0.25, -0.2) is 4.98 Å². The summed E-state index contributed by atoms with van der Waals surface area (Å²) in [5.41, 5.74) is 0. The molecule has 0 aliphatic heterocycles. The topological polar surface area (TPSA) is 37.8 Å². The summed E-state index contributed by atoms with van der Waals surface area (Å²) in [4.78, 5) is 4.40. The molecule has 0 saturated heterocycles. The molecule has 1 heterocycles. The minimum atomic E-state index is 0.159. The normalized spacial score (nSPS) is 13.4. The van der Waals surface area contributed by atoms with E-state index in [9.17, 15) is 0 Å². The van der Waals surface area contributed by atoms with Crippen LogP contribution >= 0.6 is 23.1 Å². The Hall–Kier alpha value is -0.350. The molecule has 3 nitrogen and oxygen atoms in total. The van der Waals surface area contributed by atoms with Gasteiger partial charge in [-0.3, -0.25) is 0 Å². The van der Waals surface area contributed by atoms with E-state index in [1.54, 1.807) is 0 Å². The van der Waals surface area contributed by atoms with Crippen molar-refractivity contribution in [2.45, 2.75) is 45.4 Å². The second-order valence-electron chi connectivity index (χ2n) is 4.72. The molecule has 16 heavy (non-hydrogen) atoms. The van der Waals surface area contributed by atoms with Gasteiger partial charge in [0.15, 0.2) is 0 Å². The number of alkyl halides is 1. The van der Waals surface area contributed by atoms with Gasteiger partial charge in [-0.15, -0.1) is 11.6 Å². The van der Waals surface area contributed by atoms with Crippen LogP contribution in [0.4, 0.5) is 5.13 Å². The van der Waals surface area contributed by atoms with E-state index in [1.165, 1.54) is 11.5 Å². The van der Waals surface area contributed by atoms with E-state index in [4.69, 9.17) is 11.6 Å². The van der Waals surface area contributed by atoms with Gasteiger partial charge in [-0.1, -0.05) is 27.7 Å². The second-order valence-corrected chi connectivity index (χ2v) is 6.09. The van der Waals surface area contributed by atoms with Gasteiger partial charge >= 0.3 is 0 Å². The first-order valence-corrected chi connectivity index (χ1v) is 6.91. The van der Waals surface area contributed by atoms with Crippen LogP contribution in [0, 0.1) is 5.92 Å². The van der Waals surface area contributed by atoms with E-state index in [0.717, 1.165) is 23.9 Å². The lowest BCUT2D eigenvalue weighted by Crippen LogP contribution is -2.16. The van der Waals surface area contributed by atoms with Crippen molar-refractivity contribution in [1.29, 1.82) is 0 Å². The third-order valence-corrected chi connectivity index (χ3v) is 3.18. The first-order chi connectivity index (χ1) is 7.49. The van der Waals surface area contributed by atoms with Crippen LogP contribution < -0.4 is 5.32 Å². The van der Waals surface area contributed by atoms with Crippen molar-refractivity contribution in [3.8, 4) is 0 Å². The van der Waals surface area contributed by atoms with Crippen LogP contribution in [-0.2, 0) is 0 Å². The van der Waals surface area contributed by atoms with Crippen molar-refractivity contribution in [2.24, 2.45) is 5.92 Å². The van der Waals surface area contributed by atoms with Crippen molar-refractivity contribution < 1.29 is 0 Å². The van der Waals surface area contributed by atoms with Crippen molar-refractivity contribution in [3.05, 3.63) is 5.82 Å². The average Bonchev–Trinajstić information content (AvgIpc) is 2.61. The maximum absolute atomic E-state index is 6.19. The molecule has 1 N–H and O–H groups in total. The van der Waals surface area contributed by atoms with E-state index in [2.05, 4.69) is 42.4 Å². The van der Waals surface area contributed by atoms with Gasteiger partial charge in [0, 0.05) is 24.0 Å². The molecule has 0 saturated carbocycles. The summed E-state index contributed by atoms with van der Waals surface area (Å²) >= 11 is 7.60. The molecule has 1 atom stereocenters. The summed E-state index contributed by atoms with van der Waals surface area (Å²) in [5, 5.41) is 4.27. The van der Waals surface area contributed by atoms with Crippen molar-refractivity contribution in [1.82, 2.24) is 9.36 Å². The highest BCUT2D eigenvalue weighted by Crippen LogP contribution is 2.18. The molecule has 1 aromatic heterocycles. The summed E-state index contributed by atoms with van der Waals surface area (Å²) < 4.78 is 4.28. The molecule has 0 radical (unpaired) electrons. The average molecular weight is 262 g/mol. The SMILES string of the molecule is CC(C)CC(Cl)CNc1nc(C(C)C)ns1. The summed E-state index contributed by atoms with van der Waals surface area (Å²) in [6, 6.07) is 0. The Morgan fingerprint density at radius 2 is 2.00 bits per heavy atom.